The highest BCUT2D eigenvalue weighted by molar-refractivity contribution is 6.60. The largest absolute Gasteiger partial charge is 0.500 e. The Morgan fingerprint density at radius 1 is 0.484 bits per heavy atom. The topological polar surface area (TPSA) is 36.9 Å². The average molecular weight is 479 g/mol. The fraction of sp³-hybridized carbons (Fsp3) is 1.00. The summed E-state index contributed by atoms with van der Waals surface area (Å²) in [5.74, 6) is 0. The van der Waals surface area contributed by atoms with Crippen molar-refractivity contribution < 1.29 is 17.7 Å². The lowest BCUT2D eigenvalue weighted by molar-refractivity contribution is 0.122. The molecule has 31 heavy (non-hydrogen) atoms. The minimum Gasteiger partial charge on any atom is -0.428 e. The molecule has 0 heterocycles. The summed E-state index contributed by atoms with van der Waals surface area (Å²) in [4.78, 5) is 0. The van der Waals surface area contributed by atoms with Gasteiger partial charge in [-0.15, -0.1) is 0 Å². The molecule has 0 bridgehead atoms. The van der Waals surface area contributed by atoms with E-state index in [-0.39, 0.29) is 0 Å². The zero-order chi connectivity index (χ0) is 23.5. The second kappa shape index (κ2) is 28.3. The standard InChI is InChI=1S/C15H34O3Si.C10H24OSi/c1-5-6-7-8-9-10-11-12-13-14-15-19(16-2,17-3)18-4;1-2-3-4-5-6-7-8-9-10-11-12/h5-15H2,1-4H3;2-10H2,1,12H3. The lowest BCUT2D eigenvalue weighted by Gasteiger charge is -2.24. The van der Waals surface area contributed by atoms with Gasteiger partial charge in [0.15, 0.2) is 0 Å². The van der Waals surface area contributed by atoms with Gasteiger partial charge in [-0.25, -0.2) is 0 Å². The maximum absolute atomic E-state index is 5.41. The normalized spacial score (nSPS) is 11.5. The van der Waals surface area contributed by atoms with Crippen LogP contribution in [0, 0.1) is 0 Å². The van der Waals surface area contributed by atoms with Crippen molar-refractivity contribution in [1.29, 1.82) is 0 Å². The minimum atomic E-state index is -2.31. The fourth-order valence-corrected chi connectivity index (χ4v) is 5.85. The van der Waals surface area contributed by atoms with Gasteiger partial charge in [-0.3, -0.25) is 0 Å². The number of rotatable bonds is 23. The van der Waals surface area contributed by atoms with E-state index in [2.05, 4.69) is 13.8 Å². The molecule has 0 saturated heterocycles. The SMILES string of the molecule is CCCCCCCCCCCC[Si](OC)(OC)OC.CCCCCCCCCCO[SiH3]. The minimum absolute atomic E-state index is 0.910. The van der Waals surface area contributed by atoms with E-state index < -0.39 is 8.80 Å². The molecule has 0 fully saturated rings. The van der Waals surface area contributed by atoms with Crippen molar-refractivity contribution >= 4 is 19.3 Å². The molecule has 0 rings (SSSR count). The van der Waals surface area contributed by atoms with Gasteiger partial charge >= 0.3 is 8.80 Å². The summed E-state index contributed by atoms with van der Waals surface area (Å²) in [6, 6.07) is 0.938. The van der Waals surface area contributed by atoms with Crippen LogP contribution in [0.15, 0.2) is 0 Å². The maximum atomic E-state index is 5.41. The Bertz CT molecular complexity index is 298. The molecule has 0 aromatic rings. The first-order chi connectivity index (χ1) is 15.2. The van der Waals surface area contributed by atoms with Crippen LogP contribution in [0.4, 0.5) is 0 Å². The molecule has 0 atom stereocenters. The van der Waals surface area contributed by atoms with E-state index in [0.717, 1.165) is 29.6 Å². The van der Waals surface area contributed by atoms with Crippen LogP contribution in [0.5, 0.6) is 0 Å². The number of unbranched alkanes of at least 4 members (excludes halogenated alkanes) is 16. The van der Waals surface area contributed by atoms with Gasteiger partial charge in [-0.05, 0) is 12.8 Å². The third kappa shape index (κ3) is 24.7. The summed E-state index contributed by atoms with van der Waals surface area (Å²) in [5, 5.41) is 0. The van der Waals surface area contributed by atoms with Gasteiger partial charge in [0.05, 0.1) is 0 Å². The highest BCUT2D eigenvalue weighted by Gasteiger charge is 2.36. The zero-order valence-electron chi connectivity index (χ0n) is 22.3. The third-order valence-electron chi connectivity index (χ3n) is 5.97. The molecule has 0 unspecified atom stereocenters. The maximum Gasteiger partial charge on any atom is 0.500 e. The highest BCUT2D eigenvalue weighted by atomic mass is 28.4. The monoisotopic (exact) mass is 478 g/mol. The molecule has 0 amide bonds. The molecule has 0 saturated carbocycles. The van der Waals surface area contributed by atoms with Crippen LogP contribution in [-0.4, -0.2) is 47.2 Å². The molecule has 6 heteroatoms. The Morgan fingerprint density at radius 3 is 1.13 bits per heavy atom. The molecular weight excluding hydrogens is 420 g/mol. The third-order valence-corrected chi connectivity index (χ3v) is 9.21. The Morgan fingerprint density at radius 2 is 0.806 bits per heavy atom. The van der Waals surface area contributed by atoms with Crippen LogP contribution < -0.4 is 0 Å². The van der Waals surface area contributed by atoms with Crippen molar-refractivity contribution in [3.63, 3.8) is 0 Å². The van der Waals surface area contributed by atoms with Gasteiger partial charge in [0, 0.05) is 34.0 Å². The summed E-state index contributed by atoms with van der Waals surface area (Å²) < 4.78 is 21.4. The first kappa shape index (κ1) is 33.4. The van der Waals surface area contributed by atoms with Crippen molar-refractivity contribution in [2.75, 3.05) is 27.9 Å². The second-order valence-corrected chi connectivity index (χ2v) is 12.4. The van der Waals surface area contributed by atoms with Gasteiger partial charge in [0.25, 0.3) is 0 Å². The van der Waals surface area contributed by atoms with E-state index in [1.54, 1.807) is 21.3 Å². The van der Waals surface area contributed by atoms with Crippen LogP contribution >= 0.6 is 0 Å². The Balaban J connectivity index is 0. The molecule has 0 N–H and O–H groups in total. The molecule has 0 spiro atoms. The predicted molar refractivity (Wildman–Crippen MR) is 142 cm³/mol. The quantitative estimate of drug-likeness (QED) is 0.115. The van der Waals surface area contributed by atoms with Crippen molar-refractivity contribution in [1.82, 2.24) is 0 Å². The first-order valence-electron chi connectivity index (χ1n) is 13.3. The van der Waals surface area contributed by atoms with Crippen LogP contribution in [0.2, 0.25) is 6.04 Å². The van der Waals surface area contributed by atoms with Crippen molar-refractivity contribution in [3.05, 3.63) is 0 Å². The van der Waals surface area contributed by atoms with Gasteiger partial charge in [-0.2, -0.15) is 0 Å². The fourth-order valence-electron chi connectivity index (χ4n) is 3.77. The molecule has 0 aromatic heterocycles. The molecule has 0 aliphatic heterocycles. The lowest BCUT2D eigenvalue weighted by Crippen LogP contribution is -2.42. The summed E-state index contributed by atoms with van der Waals surface area (Å²) in [6.07, 6.45) is 24.6. The van der Waals surface area contributed by atoms with E-state index in [1.807, 2.05) is 0 Å². The van der Waals surface area contributed by atoms with Crippen LogP contribution in [0.25, 0.3) is 0 Å². The Labute approximate surface area is 200 Å². The van der Waals surface area contributed by atoms with Gasteiger partial charge in [0.1, 0.15) is 10.5 Å². The van der Waals surface area contributed by atoms with E-state index in [0.29, 0.717) is 0 Å². The average Bonchev–Trinajstić information content (AvgIpc) is 2.80. The van der Waals surface area contributed by atoms with E-state index in [1.165, 1.54) is 109 Å². The Kier molecular flexibility index (Phi) is 30.5. The van der Waals surface area contributed by atoms with Crippen molar-refractivity contribution in [2.45, 2.75) is 135 Å². The van der Waals surface area contributed by atoms with Crippen LogP contribution in [0.1, 0.15) is 129 Å². The number of hydrogen-bond donors (Lipinski definition) is 0. The molecule has 4 nitrogen and oxygen atoms in total. The van der Waals surface area contributed by atoms with Crippen LogP contribution in [-0.2, 0) is 17.7 Å². The molecule has 190 valence electrons. The first-order valence-corrected chi connectivity index (χ1v) is 16.1. The van der Waals surface area contributed by atoms with E-state index in [4.69, 9.17) is 17.7 Å². The van der Waals surface area contributed by atoms with Crippen molar-refractivity contribution in [2.24, 2.45) is 0 Å². The zero-order valence-corrected chi connectivity index (χ0v) is 25.3. The highest BCUT2D eigenvalue weighted by Crippen LogP contribution is 2.18. The summed E-state index contributed by atoms with van der Waals surface area (Å²) in [6.45, 7) is 5.53. The molecular formula is C25H58O4Si2. The molecule has 0 aliphatic carbocycles. The van der Waals surface area contributed by atoms with Gasteiger partial charge in [-0.1, -0.05) is 117 Å². The Hall–Kier alpha value is 0.274. The summed E-state index contributed by atoms with van der Waals surface area (Å²) in [7, 11) is 3.67. The van der Waals surface area contributed by atoms with E-state index >= 15 is 0 Å². The lowest BCUT2D eigenvalue weighted by atomic mass is 10.1. The molecule has 0 aliphatic rings. The van der Waals surface area contributed by atoms with Gasteiger partial charge in [0.2, 0.25) is 0 Å². The molecule has 0 aromatic carbocycles. The number of hydrogen-bond acceptors (Lipinski definition) is 4. The summed E-state index contributed by atoms with van der Waals surface area (Å²) in [5.41, 5.74) is 0. The predicted octanol–water partition coefficient (Wildman–Crippen LogP) is 7.21. The smallest absolute Gasteiger partial charge is 0.428 e. The van der Waals surface area contributed by atoms with E-state index in [9.17, 15) is 0 Å². The molecule has 0 radical (unpaired) electrons. The van der Waals surface area contributed by atoms with Crippen molar-refractivity contribution in [3.8, 4) is 0 Å². The summed E-state index contributed by atoms with van der Waals surface area (Å²) >= 11 is 0. The van der Waals surface area contributed by atoms with Crippen LogP contribution in [0.3, 0.4) is 0 Å². The van der Waals surface area contributed by atoms with Gasteiger partial charge < -0.3 is 17.7 Å². The second-order valence-electron chi connectivity index (χ2n) is 8.70.